The fraction of sp³-hybridized carbons (Fsp3) is 0.556. The molecule has 8 nitrogen and oxygen atoms in total. The number of anilines is 1. The van der Waals surface area contributed by atoms with Gasteiger partial charge >= 0.3 is 0 Å². The Morgan fingerprint density at radius 1 is 1.15 bits per heavy atom. The van der Waals surface area contributed by atoms with Crippen molar-refractivity contribution in [3.63, 3.8) is 0 Å². The number of aryl methyl sites for hydroxylation is 1. The van der Waals surface area contributed by atoms with E-state index in [1.54, 1.807) is 11.0 Å². The van der Waals surface area contributed by atoms with Crippen LogP contribution in [0.3, 0.4) is 0 Å². The standard InChI is InChI=1S/C18H24N6O2/c1-22-5-2-14(21-22)12-17(25)23-6-3-15-16(4-7-23)19-13-20-18(15)24-8-10-26-11-9-24/h2,5,13H,3-4,6-12H2,1H3. The highest BCUT2D eigenvalue weighted by Gasteiger charge is 2.24. The third kappa shape index (κ3) is 3.55. The Balaban J connectivity index is 1.47. The van der Waals surface area contributed by atoms with Gasteiger partial charge in [-0.05, 0) is 12.5 Å². The van der Waals surface area contributed by atoms with E-state index in [1.165, 1.54) is 5.56 Å². The molecule has 0 radical (unpaired) electrons. The molecule has 0 spiro atoms. The van der Waals surface area contributed by atoms with Crippen molar-refractivity contribution in [2.24, 2.45) is 7.05 Å². The zero-order valence-corrected chi connectivity index (χ0v) is 15.1. The zero-order valence-electron chi connectivity index (χ0n) is 15.1. The number of aromatic nitrogens is 4. The average Bonchev–Trinajstić information content (AvgIpc) is 2.94. The number of ether oxygens (including phenoxy) is 1. The molecule has 26 heavy (non-hydrogen) atoms. The molecule has 2 aromatic rings. The highest BCUT2D eigenvalue weighted by Crippen LogP contribution is 2.24. The van der Waals surface area contributed by atoms with E-state index in [0.29, 0.717) is 19.5 Å². The molecular formula is C18H24N6O2. The van der Waals surface area contributed by atoms with Gasteiger partial charge in [0.15, 0.2) is 0 Å². The Morgan fingerprint density at radius 2 is 1.96 bits per heavy atom. The van der Waals surface area contributed by atoms with Crippen LogP contribution in [0.5, 0.6) is 0 Å². The van der Waals surface area contributed by atoms with E-state index in [4.69, 9.17) is 4.74 Å². The van der Waals surface area contributed by atoms with Crippen molar-refractivity contribution in [2.75, 3.05) is 44.3 Å². The minimum absolute atomic E-state index is 0.123. The molecule has 0 aliphatic carbocycles. The first-order valence-electron chi connectivity index (χ1n) is 9.12. The fourth-order valence-corrected chi connectivity index (χ4v) is 3.63. The van der Waals surface area contributed by atoms with Crippen LogP contribution in [-0.4, -0.2) is 69.9 Å². The summed E-state index contributed by atoms with van der Waals surface area (Å²) in [6.45, 7) is 4.56. The highest BCUT2D eigenvalue weighted by molar-refractivity contribution is 5.78. The summed E-state index contributed by atoms with van der Waals surface area (Å²) in [6.07, 6.45) is 5.42. The molecule has 138 valence electrons. The SMILES string of the molecule is Cn1ccc(CC(=O)N2CCc3ncnc(N4CCOCC4)c3CC2)n1. The Kier molecular flexibility index (Phi) is 4.83. The van der Waals surface area contributed by atoms with Crippen LogP contribution in [0.1, 0.15) is 17.0 Å². The van der Waals surface area contributed by atoms with Gasteiger partial charge < -0.3 is 14.5 Å². The summed E-state index contributed by atoms with van der Waals surface area (Å²) in [4.78, 5) is 25.9. The number of hydrogen-bond donors (Lipinski definition) is 0. The fourth-order valence-electron chi connectivity index (χ4n) is 3.63. The molecule has 0 N–H and O–H groups in total. The largest absolute Gasteiger partial charge is 0.378 e. The topological polar surface area (TPSA) is 76.4 Å². The van der Waals surface area contributed by atoms with Gasteiger partial charge in [-0.3, -0.25) is 9.48 Å². The minimum atomic E-state index is 0.123. The van der Waals surface area contributed by atoms with E-state index in [-0.39, 0.29) is 5.91 Å². The molecule has 2 aliphatic heterocycles. The smallest absolute Gasteiger partial charge is 0.228 e. The first-order chi connectivity index (χ1) is 12.7. The second-order valence-corrected chi connectivity index (χ2v) is 6.76. The van der Waals surface area contributed by atoms with Gasteiger partial charge in [-0.2, -0.15) is 5.10 Å². The van der Waals surface area contributed by atoms with Crippen molar-refractivity contribution in [2.45, 2.75) is 19.3 Å². The van der Waals surface area contributed by atoms with Crippen molar-refractivity contribution in [1.29, 1.82) is 0 Å². The third-order valence-corrected chi connectivity index (χ3v) is 5.03. The van der Waals surface area contributed by atoms with Crippen molar-refractivity contribution in [3.8, 4) is 0 Å². The molecule has 1 amide bonds. The molecule has 0 aromatic carbocycles. The summed E-state index contributed by atoms with van der Waals surface area (Å²) in [5.74, 6) is 1.13. The predicted molar refractivity (Wildman–Crippen MR) is 96.0 cm³/mol. The van der Waals surface area contributed by atoms with Crippen LogP contribution in [0.2, 0.25) is 0 Å². The molecule has 0 unspecified atom stereocenters. The van der Waals surface area contributed by atoms with E-state index in [9.17, 15) is 4.79 Å². The number of carbonyl (C=O) groups excluding carboxylic acids is 1. The van der Waals surface area contributed by atoms with Crippen LogP contribution in [0.25, 0.3) is 0 Å². The van der Waals surface area contributed by atoms with Gasteiger partial charge in [0.2, 0.25) is 5.91 Å². The lowest BCUT2D eigenvalue weighted by molar-refractivity contribution is -0.130. The summed E-state index contributed by atoms with van der Waals surface area (Å²) in [5.41, 5.74) is 3.06. The number of carbonyl (C=O) groups is 1. The van der Waals surface area contributed by atoms with Crippen LogP contribution in [-0.2, 0) is 35.8 Å². The summed E-state index contributed by atoms with van der Waals surface area (Å²) in [7, 11) is 1.86. The maximum Gasteiger partial charge on any atom is 0.228 e. The van der Waals surface area contributed by atoms with E-state index in [2.05, 4.69) is 20.0 Å². The Labute approximate surface area is 152 Å². The van der Waals surface area contributed by atoms with Crippen LogP contribution in [0.15, 0.2) is 18.6 Å². The Hall–Kier alpha value is -2.48. The zero-order chi connectivity index (χ0) is 17.9. The van der Waals surface area contributed by atoms with Crippen molar-refractivity contribution in [3.05, 3.63) is 35.5 Å². The highest BCUT2D eigenvalue weighted by atomic mass is 16.5. The quantitative estimate of drug-likeness (QED) is 0.783. The third-order valence-electron chi connectivity index (χ3n) is 5.03. The summed E-state index contributed by atoms with van der Waals surface area (Å²) in [6, 6.07) is 1.90. The van der Waals surface area contributed by atoms with Crippen molar-refractivity contribution in [1.82, 2.24) is 24.6 Å². The average molecular weight is 356 g/mol. The number of morpholine rings is 1. The van der Waals surface area contributed by atoms with Gasteiger partial charge in [0, 0.05) is 51.4 Å². The van der Waals surface area contributed by atoms with Gasteiger partial charge in [0.05, 0.1) is 31.0 Å². The lowest BCUT2D eigenvalue weighted by Gasteiger charge is -2.29. The van der Waals surface area contributed by atoms with E-state index in [0.717, 1.165) is 56.4 Å². The molecule has 2 aliphatic rings. The van der Waals surface area contributed by atoms with Crippen LogP contribution in [0, 0.1) is 0 Å². The molecule has 0 bridgehead atoms. The number of nitrogens with zero attached hydrogens (tertiary/aromatic N) is 6. The van der Waals surface area contributed by atoms with E-state index < -0.39 is 0 Å². The molecule has 1 saturated heterocycles. The number of fused-ring (bicyclic) bond motifs is 1. The second-order valence-electron chi connectivity index (χ2n) is 6.76. The monoisotopic (exact) mass is 356 g/mol. The first-order valence-corrected chi connectivity index (χ1v) is 9.12. The van der Waals surface area contributed by atoms with Crippen LogP contribution < -0.4 is 4.90 Å². The van der Waals surface area contributed by atoms with E-state index >= 15 is 0 Å². The lowest BCUT2D eigenvalue weighted by Crippen LogP contribution is -2.37. The van der Waals surface area contributed by atoms with Crippen molar-refractivity contribution >= 4 is 11.7 Å². The Bertz CT molecular complexity index is 784. The number of amides is 1. The minimum Gasteiger partial charge on any atom is -0.378 e. The van der Waals surface area contributed by atoms with Gasteiger partial charge in [-0.25, -0.2) is 9.97 Å². The molecule has 0 atom stereocenters. The molecule has 4 heterocycles. The second kappa shape index (κ2) is 7.41. The van der Waals surface area contributed by atoms with Gasteiger partial charge in [0.25, 0.3) is 0 Å². The molecule has 0 saturated carbocycles. The summed E-state index contributed by atoms with van der Waals surface area (Å²) < 4.78 is 7.18. The molecule has 2 aromatic heterocycles. The van der Waals surface area contributed by atoms with Crippen LogP contribution in [0.4, 0.5) is 5.82 Å². The normalized spacial score (nSPS) is 17.7. The maximum absolute atomic E-state index is 12.7. The molecule has 4 rings (SSSR count). The first kappa shape index (κ1) is 17.0. The van der Waals surface area contributed by atoms with Crippen LogP contribution >= 0.6 is 0 Å². The van der Waals surface area contributed by atoms with Crippen molar-refractivity contribution < 1.29 is 9.53 Å². The van der Waals surface area contributed by atoms with Gasteiger partial charge in [0.1, 0.15) is 12.1 Å². The number of rotatable bonds is 3. The Morgan fingerprint density at radius 3 is 2.73 bits per heavy atom. The van der Waals surface area contributed by atoms with E-state index in [1.807, 2.05) is 24.2 Å². The van der Waals surface area contributed by atoms with Gasteiger partial charge in [-0.15, -0.1) is 0 Å². The molecular weight excluding hydrogens is 332 g/mol. The summed E-state index contributed by atoms with van der Waals surface area (Å²) in [5, 5.41) is 4.31. The molecule has 8 heteroatoms. The molecule has 1 fully saturated rings. The van der Waals surface area contributed by atoms with Gasteiger partial charge in [-0.1, -0.05) is 0 Å². The maximum atomic E-state index is 12.7. The summed E-state index contributed by atoms with van der Waals surface area (Å²) >= 11 is 0. The lowest BCUT2D eigenvalue weighted by atomic mass is 10.1. The predicted octanol–water partition coefficient (Wildman–Crippen LogP) is 0.217. The number of hydrogen-bond acceptors (Lipinski definition) is 6.